The minimum Gasteiger partial charge on any atom is -0.462 e. The number of rotatable bonds is 36. The lowest BCUT2D eigenvalue weighted by Crippen LogP contribution is -2.29. The first kappa shape index (κ1) is 51.1. The molecule has 0 amide bonds. The van der Waals surface area contributed by atoms with Gasteiger partial charge >= 0.3 is 19.8 Å². The van der Waals surface area contributed by atoms with E-state index in [1.54, 1.807) is 6.08 Å². The third-order valence-electron chi connectivity index (χ3n) is 7.87. The summed E-state index contributed by atoms with van der Waals surface area (Å²) in [5.41, 5.74) is 5.33. The molecule has 0 aromatic carbocycles. The van der Waals surface area contributed by atoms with Crippen molar-refractivity contribution in [2.24, 2.45) is 5.73 Å². The highest BCUT2D eigenvalue weighted by atomic mass is 31.2. The molecule has 2 unspecified atom stereocenters. The molecular weight excluding hydrogens is 705 g/mol. The molecule has 0 rings (SSSR count). The zero-order valence-corrected chi connectivity index (χ0v) is 34.2. The van der Waals surface area contributed by atoms with Gasteiger partial charge in [-0.3, -0.25) is 18.6 Å². The van der Waals surface area contributed by atoms with Crippen molar-refractivity contribution >= 4 is 19.8 Å². The molecule has 3 atom stereocenters. The Morgan fingerprint density at radius 2 is 1.26 bits per heavy atom. The van der Waals surface area contributed by atoms with Crippen LogP contribution in [-0.4, -0.2) is 60.5 Å². The molecule has 0 radical (unpaired) electrons. The van der Waals surface area contributed by atoms with E-state index < -0.39 is 38.6 Å². The summed E-state index contributed by atoms with van der Waals surface area (Å²) in [6.45, 7) is 3.36. The normalized spacial score (nSPS) is 14.8. The van der Waals surface area contributed by atoms with Crippen LogP contribution >= 0.6 is 7.82 Å². The molecule has 0 saturated carbocycles. The van der Waals surface area contributed by atoms with Crippen molar-refractivity contribution in [3.05, 3.63) is 85.1 Å². The van der Waals surface area contributed by atoms with Crippen molar-refractivity contribution in [3.63, 3.8) is 0 Å². The van der Waals surface area contributed by atoms with Gasteiger partial charge in [0.25, 0.3) is 0 Å². The standard InChI is InChI=1S/C43H72NO9P/c1-3-5-7-9-11-12-13-14-15-16-17-18-19-20-22-26-30-34-42(46)50-38-41(39-52-54(48,49)51-37-36-44)53-43(47)35-31-27-23-25-29-33-40(45)32-28-24-21-10-8-6-4-2/h6,8,11-12,14-15,17-18,20-22,24,28,32,40-41,45H,3-5,7,9-10,13,16,19,23,25-27,29-31,33-39,44H2,1-2H3,(H,48,49)/b8-6+,12-11-,15-14-,18-17-,22-20-,24-21+,32-28+/t40?,41-/m1/s1. The Kier molecular flexibility index (Phi) is 36.4. The highest BCUT2D eigenvalue weighted by molar-refractivity contribution is 7.47. The Labute approximate surface area is 326 Å². The van der Waals surface area contributed by atoms with Gasteiger partial charge in [-0.2, -0.15) is 0 Å². The quantitative estimate of drug-likeness (QED) is 0.0184. The number of carbonyl (C=O) groups excluding carboxylic acids is 2. The summed E-state index contributed by atoms with van der Waals surface area (Å²) in [5, 5.41) is 10.1. The van der Waals surface area contributed by atoms with Gasteiger partial charge in [0.05, 0.1) is 19.3 Å². The smallest absolute Gasteiger partial charge is 0.462 e. The third-order valence-corrected chi connectivity index (χ3v) is 8.85. The zero-order chi connectivity index (χ0) is 39.8. The Balaban J connectivity index is 4.40. The van der Waals surface area contributed by atoms with Crippen LogP contribution in [0.25, 0.3) is 0 Å². The number of phosphoric acid groups is 1. The average Bonchev–Trinajstić information content (AvgIpc) is 3.15. The molecule has 4 N–H and O–H groups in total. The van der Waals surface area contributed by atoms with Gasteiger partial charge in [0, 0.05) is 19.4 Å². The minimum atomic E-state index is -4.42. The zero-order valence-electron chi connectivity index (χ0n) is 33.3. The molecule has 0 aliphatic heterocycles. The molecule has 0 aromatic rings. The Morgan fingerprint density at radius 3 is 1.93 bits per heavy atom. The maximum Gasteiger partial charge on any atom is 0.472 e. The number of aliphatic hydroxyl groups excluding tert-OH is 1. The van der Waals surface area contributed by atoms with Gasteiger partial charge in [-0.1, -0.05) is 137 Å². The molecule has 0 fully saturated rings. The van der Waals surface area contributed by atoms with Gasteiger partial charge < -0.3 is 25.2 Å². The van der Waals surface area contributed by atoms with Crippen molar-refractivity contribution in [2.75, 3.05) is 26.4 Å². The average molecular weight is 778 g/mol. The molecule has 0 saturated heterocycles. The lowest BCUT2D eigenvalue weighted by molar-refractivity contribution is -0.161. The Morgan fingerprint density at radius 1 is 0.667 bits per heavy atom. The summed E-state index contributed by atoms with van der Waals surface area (Å²) in [5.74, 6) is -0.981. The first-order valence-electron chi connectivity index (χ1n) is 20.2. The number of phosphoric ester groups is 1. The number of hydrogen-bond donors (Lipinski definition) is 3. The van der Waals surface area contributed by atoms with Crippen molar-refractivity contribution in [1.82, 2.24) is 0 Å². The van der Waals surface area contributed by atoms with Crippen molar-refractivity contribution in [1.29, 1.82) is 0 Å². The molecule has 308 valence electrons. The molecule has 0 bridgehead atoms. The van der Waals surface area contributed by atoms with Crippen molar-refractivity contribution < 1.29 is 42.7 Å². The maximum atomic E-state index is 12.6. The number of aliphatic hydroxyl groups is 1. The molecule has 0 aromatic heterocycles. The second kappa shape index (κ2) is 38.4. The van der Waals surface area contributed by atoms with Crippen LogP contribution < -0.4 is 5.73 Å². The number of hydrogen-bond acceptors (Lipinski definition) is 9. The van der Waals surface area contributed by atoms with Gasteiger partial charge in [-0.25, -0.2) is 4.57 Å². The van der Waals surface area contributed by atoms with E-state index in [4.69, 9.17) is 24.3 Å². The van der Waals surface area contributed by atoms with E-state index in [1.807, 2.05) is 24.3 Å². The summed E-state index contributed by atoms with van der Waals surface area (Å²) in [6, 6.07) is 0. The Hall–Kier alpha value is -2.85. The molecule has 54 heavy (non-hydrogen) atoms. The second-order valence-corrected chi connectivity index (χ2v) is 14.4. The first-order chi connectivity index (χ1) is 26.2. The predicted octanol–water partition coefficient (Wildman–Crippen LogP) is 10.2. The van der Waals surface area contributed by atoms with Crippen LogP contribution in [0.3, 0.4) is 0 Å². The van der Waals surface area contributed by atoms with Crippen LogP contribution in [0.2, 0.25) is 0 Å². The number of carbonyl (C=O) groups is 2. The molecule has 10 nitrogen and oxygen atoms in total. The van der Waals surface area contributed by atoms with Gasteiger partial charge in [-0.05, 0) is 70.6 Å². The largest absolute Gasteiger partial charge is 0.472 e. The van der Waals surface area contributed by atoms with Gasteiger partial charge in [0.1, 0.15) is 6.61 Å². The van der Waals surface area contributed by atoms with Crippen LogP contribution in [0.4, 0.5) is 0 Å². The van der Waals surface area contributed by atoms with Crippen molar-refractivity contribution in [2.45, 2.75) is 148 Å². The van der Waals surface area contributed by atoms with Crippen molar-refractivity contribution in [3.8, 4) is 0 Å². The summed E-state index contributed by atoms with van der Waals surface area (Å²) in [4.78, 5) is 34.8. The molecule has 0 heterocycles. The van der Waals surface area contributed by atoms with Crippen LogP contribution in [0, 0.1) is 0 Å². The van der Waals surface area contributed by atoms with E-state index in [9.17, 15) is 24.2 Å². The molecule has 0 aliphatic carbocycles. The first-order valence-corrected chi connectivity index (χ1v) is 21.7. The second-order valence-electron chi connectivity index (χ2n) is 13.0. The number of ether oxygens (including phenoxy) is 2. The highest BCUT2D eigenvalue weighted by Crippen LogP contribution is 2.43. The van der Waals surface area contributed by atoms with E-state index in [-0.39, 0.29) is 32.6 Å². The number of nitrogens with two attached hydrogens (primary N) is 1. The topological polar surface area (TPSA) is 155 Å². The van der Waals surface area contributed by atoms with E-state index in [0.29, 0.717) is 25.7 Å². The SMILES string of the molecule is CC/C=C/C/C=C/C=C/C(O)CCCCCCCC(=O)O[C@H](COC(=O)CCC/C=C\C/C=C\C/C=C\C/C=C\CCCCC)COP(=O)(O)OCCN. The maximum absolute atomic E-state index is 12.6. The summed E-state index contributed by atoms with van der Waals surface area (Å²) in [6.07, 6.45) is 43.5. The van der Waals surface area contributed by atoms with E-state index in [0.717, 1.165) is 64.2 Å². The summed E-state index contributed by atoms with van der Waals surface area (Å²) >= 11 is 0. The van der Waals surface area contributed by atoms with Crippen LogP contribution in [0.5, 0.6) is 0 Å². The molecular formula is C43H72NO9P. The Bertz CT molecular complexity index is 1180. The highest BCUT2D eigenvalue weighted by Gasteiger charge is 2.25. The monoisotopic (exact) mass is 777 g/mol. The minimum absolute atomic E-state index is 0.0254. The number of unbranched alkanes of at least 4 members (excludes halogenated alkanes) is 8. The van der Waals surface area contributed by atoms with Crippen LogP contribution in [-0.2, 0) is 32.7 Å². The molecule has 0 aliphatic rings. The number of allylic oxidation sites excluding steroid dienone is 13. The van der Waals surface area contributed by atoms with Gasteiger partial charge in [-0.15, -0.1) is 0 Å². The van der Waals surface area contributed by atoms with Gasteiger partial charge in [0.15, 0.2) is 6.10 Å². The third kappa shape index (κ3) is 37.5. The predicted molar refractivity (Wildman–Crippen MR) is 221 cm³/mol. The fraction of sp³-hybridized carbons (Fsp3) is 0.628. The van der Waals surface area contributed by atoms with E-state index in [1.165, 1.54) is 19.3 Å². The lowest BCUT2D eigenvalue weighted by Gasteiger charge is -2.19. The fourth-order valence-electron chi connectivity index (χ4n) is 4.87. The van der Waals surface area contributed by atoms with Crippen LogP contribution in [0.15, 0.2) is 85.1 Å². The lowest BCUT2D eigenvalue weighted by atomic mass is 10.1. The van der Waals surface area contributed by atoms with E-state index in [2.05, 4.69) is 68.5 Å². The fourth-order valence-corrected chi connectivity index (χ4v) is 5.63. The summed E-state index contributed by atoms with van der Waals surface area (Å²) in [7, 11) is -4.42. The number of esters is 2. The summed E-state index contributed by atoms with van der Waals surface area (Å²) < 4.78 is 32.6. The van der Waals surface area contributed by atoms with Crippen LogP contribution in [0.1, 0.15) is 136 Å². The van der Waals surface area contributed by atoms with Gasteiger partial charge in [0.2, 0.25) is 0 Å². The molecule has 0 spiro atoms. The molecule has 11 heteroatoms. The van der Waals surface area contributed by atoms with E-state index >= 15 is 0 Å².